The second-order valence-electron chi connectivity index (χ2n) is 6.18. The monoisotopic (exact) mass is 465 g/mol. The summed E-state index contributed by atoms with van der Waals surface area (Å²) in [5, 5.41) is 5.92. The summed E-state index contributed by atoms with van der Waals surface area (Å²) < 4.78 is 10.7. The quantitative estimate of drug-likeness (QED) is 0.502. The van der Waals surface area contributed by atoms with E-state index in [0.29, 0.717) is 23.1 Å². The predicted octanol–water partition coefficient (Wildman–Crippen LogP) is 4.84. The van der Waals surface area contributed by atoms with Gasteiger partial charge in [-0.05, 0) is 38.1 Å². The molecule has 1 aromatic carbocycles. The maximum absolute atomic E-state index is 12.3. The standard InChI is InChI=1S/C20H17Cl2N3O4S/c1-11-16(21)7-17(22)19(23-11)25-18(26)9-29-20(27)13-4-3-5-15(6-13)28-8-14-10-30-12(2)24-14/h3-7,10H,8-9H2,1-2H3,(H,23,25,26). The van der Waals surface area contributed by atoms with Gasteiger partial charge in [0.1, 0.15) is 12.4 Å². The van der Waals surface area contributed by atoms with Crippen molar-refractivity contribution in [2.45, 2.75) is 20.5 Å². The van der Waals surface area contributed by atoms with Crippen molar-refractivity contribution in [1.82, 2.24) is 9.97 Å². The topological polar surface area (TPSA) is 90.4 Å². The van der Waals surface area contributed by atoms with Crippen molar-refractivity contribution in [2.24, 2.45) is 0 Å². The minimum Gasteiger partial charge on any atom is -0.487 e. The highest BCUT2D eigenvalue weighted by Gasteiger charge is 2.14. The lowest BCUT2D eigenvalue weighted by Crippen LogP contribution is -2.21. The number of pyridine rings is 1. The molecule has 0 fully saturated rings. The number of nitrogens with one attached hydrogen (secondary N) is 1. The number of anilines is 1. The van der Waals surface area contributed by atoms with Gasteiger partial charge in [-0.25, -0.2) is 14.8 Å². The van der Waals surface area contributed by atoms with E-state index in [1.165, 1.54) is 17.4 Å². The summed E-state index contributed by atoms with van der Waals surface area (Å²) in [6, 6.07) is 7.98. The van der Waals surface area contributed by atoms with Crippen molar-refractivity contribution in [3.8, 4) is 5.75 Å². The molecule has 0 aliphatic carbocycles. The van der Waals surface area contributed by atoms with Gasteiger partial charge in [0.15, 0.2) is 12.4 Å². The Morgan fingerprint density at radius 1 is 1.13 bits per heavy atom. The SMILES string of the molecule is Cc1nc(COc2cccc(C(=O)OCC(=O)Nc3nc(C)c(Cl)cc3Cl)c2)cs1. The molecule has 2 heterocycles. The molecular weight excluding hydrogens is 449 g/mol. The molecule has 1 N–H and O–H groups in total. The van der Waals surface area contributed by atoms with Gasteiger partial charge in [0.2, 0.25) is 0 Å². The van der Waals surface area contributed by atoms with Crippen LogP contribution < -0.4 is 10.1 Å². The number of nitrogens with zero attached hydrogens (tertiary/aromatic N) is 2. The average molecular weight is 466 g/mol. The first-order valence-electron chi connectivity index (χ1n) is 8.75. The zero-order valence-corrected chi connectivity index (χ0v) is 18.4. The lowest BCUT2D eigenvalue weighted by Gasteiger charge is -2.09. The Balaban J connectivity index is 1.54. The van der Waals surface area contributed by atoms with E-state index in [2.05, 4.69) is 15.3 Å². The fourth-order valence-corrected chi connectivity index (χ4v) is 3.38. The van der Waals surface area contributed by atoms with E-state index in [1.54, 1.807) is 31.2 Å². The van der Waals surface area contributed by atoms with Gasteiger partial charge in [0.05, 0.1) is 32.0 Å². The molecule has 3 rings (SSSR count). The molecule has 0 aliphatic rings. The molecule has 1 amide bonds. The molecule has 30 heavy (non-hydrogen) atoms. The number of benzene rings is 1. The Morgan fingerprint density at radius 2 is 1.93 bits per heavy atom. The highest BCUT2D eigenvalue weighted by atomic mass is 35.5. The van der Waals surface area contributed by atoms with Crippen LogP contribution >= 0.6 is 34.5 Å². The van der Waals surface area contributed by atoms with Gasteiger partial charge in [-0.15, -0.1) is 11.3 Å². The number of esters is 1. The Kier molecular flexibility index (Phi) is 7.25. The number of carbonyl (C=O) groups excluding carboxylic acids is 2. The Hall–Kier alpha value is -2.68. The first-order valence-corrected chi connectivity index (χ1v) is 10.4. The second-order valence-corrected chi connectivity index (χ2v) is 8.06. The van der Waals surface area contributed by atoms with Gasteiger partial charge in [-0.3, -0.25) is 4.79 Å². The number of thiazole rings is 1. The van der Waals surface area contributed by atoms with Gasteiger partial charge in [-0.1, -0.05) is 29.3 Å². The van der Waals surface area contributed by atoms with Crippen LogP contribution in [0.5, 0.6) is 5.75 Å². The maximum Gasteiger partial charge on any atom is 0.338 e. The zero-order chi connectivity index (χ0) is 21.7. The summed E-state index contributed by atoms with van der Waals surface area (Å²) >= 11 is 13.5. The highest BCUT2D eigenvalue weighted by Crippen LogP contribution is 2.25. The van der Waals surface area contributed by atoms with Crippen LogP contribution in [-0.4, -0.2) is 28.5 Å². The van der Waals surface area contributed by atoms with Gasteiger partial charge in [-0.2, -0.15) is 0 Å². The molecule has 0 atom stereocenters. The summed E-state index contributed by atoms with van der Waals surface area (Å²) in [5.41, 5.74) is 1.58. The molecule has 3 aromatic rings. The van der Waals surface area contributed by atoms with Crippen LogP contribution in [0.2, 0.25) is 10.0 Å². The molecule has 0 unspecified atom stereocenters. The third-order valence-electron chi connectivity index (χ3n) is 3.82. The summed E-state index contributed by atoms with van der Waals surface area (Å²) in [4.78, 5) is 32.8. The minimum atomic E-state index is -0.661. The number of aryl methyl sites for hydroxylation is 2. The summed E-state index contributed by atoms with van der Waals surface area (Å²) in [5.74, 6) is -0.600. The Morgan fingerprint density at radius 3 is 2.67 bits per heavy atom. The van der Waals surface area contributed by atoms with Crippen molar-refractivity contribution in [3.05, 3.63) is 67.7 Å². The third kappa shape index (κ3) is 5.91. The lowest BCUT2D eigenvalue weighted by molar-refractivity contribution is -0.119. The van der Waals surface area contributed by atoms with Crippen LogP contribution in [0.25, 0.3) is 0 Å². The normalized spacial score (nSPS) is 10.5. The van der Waals surface area contributed by atoms with Gasteiger partial charge < -0.3 is 14.8 Å². The van der Waals surface area contributed by atoms with E-state index in [4.69, 9.17) is 32.7 Å². The molecule has 0 saturated heterocycles. The molecule has 0 aliphatic heterocycles. The van der Waals surface area contributed by atoms with Crippen molar-refractivity contribution < 1.29 is 19.1 Å². The van der Waals surface area contributed by atoms with Crippen molar-refractivity contribution in [1.29, 1.82) is 0 Å². The molecule has 10 heteroatoms. The molecular formula is C20H17Cl2N3O4S. The van der Waals surface area contributed by atoms with E-state index >= 15 is 0 Å². The van der Waals surface area contributed by atoms with Gasteiger partial charge in [0.25, 0.3) is 5.91 Å². The largest absolute Gasteiger partial charge is 0.487 e. The van der Waals surface area contributed by atoms with E-state index in [-0.39, 0.29) is 16.4 Å². The van der Waals surface area contributed by atoms with Crippen LogP contribution in [0.1, 0.15) is 26.8 Å². The summed E-state index contributed by atoms with van der Waals surface area (Å²) in [6.45, 7) is 3.39. The van der Waals surface area contributed by atoms with Gasteiger partial charge in [0, 0.05) is 5.38 Å². The molecule has 0 bridgehead atoms. The number of hydrogen-bond donors (Lipinski definition) is 1. The minimum absolute atomic E-state index is 0.146. The number of amides is 1. The molecule has 0 radical (unpaired) electrons. The van der Waals surface area contributed by atoms with Crippen molar-refractivity contribution in [2.75, 3.05) is 11.9 Å². The van der Waals surface area contributed by atoms with Crippen LogP contribution in [0, 0.1) is 13.8 Å². The average Bonchev–Trinajstić information content (AvgIpc) is 3.14. The fourth-order valence-electron chi connectivity index (χ4n) is 2.37. The van der Waals surface area contributed by atoms with Crippen molar-refractivity contribution >= 4 is 52.2 Å². The third-order valence-corrected chi connectivity index (χ3v) is 5.31. The van der Waals surface area contributed by atoms with E-state index in [9.17, 15) is 9.59 Å². The number of aromatic nitrogens is 2. The number of hydrogen-bond acceptors (Lipinski definition) is 7. The molecule has 2 aromatic heterocycles. The van der Waals surface area contributed by atoms with Crippen LogP contribution in [0.3, 0.4) is 0 Å². The van der Waals surface area contributed by atoms with E-state index in [1.807, 2.05) is 12.3 Å². The maximum atomic E-state index is 12.3. The van der Waals surface area contributed by atoms with Crippen LogP contribution in [0.4, 0.5) is 5.82 Å². The zero-order valence-electron chi connectivity index (χ0n) is 16.1. The Bertz CT molecular complexity index is 1090. The summed E-state index contributed by atoms with van der Waals surface area (Å²) in [7, 11) is 0. The highest BCUT2D eigenvalue weighted by molar-refractivity contribution is 7.09. The van der Waals surface area contributed by atoms with E-state index < -0.39 is 18.5 Å². The number of ether oxygens (including phenoxy) is 2. The fraction of sp³-hybridized carbons (Fsp3) is 0.200. The Labute approximate surface area is 187 Å². The smallest absolute Gasteiger partial charge is 0.338 e. The molecule has 156 valence electrons. The van der Waals surface area contributed by atoms with Gasteiger partial charge >= 0.3 is 5.97 Å². The lowest BCUT2D eigenvalue weighted by atomic mass is 10.2. The predicted molar refractivity (Wildman–Crippen MR) is 116 cm³/mol. The van der Waals surface area contributed by atoms with Crippen LogP contribution in [-0.2, 0) is 16.1 Å². The number of halogens is 2. The number of rotatable bonds is 7. The molecule has 7 nitrogen and oxygen atoms in total. The first-order chi connectivity index (χ1) is 14.3. The van der Waals surface area contributed by atoms with Crippen LogP contribution in [0.15, 0.2) is 35.7 Å². The molecule has 0 saturated carbocycles. The second kappa shape index (κ2) is 9.88. The molecule has 0 spiro atoms. The van der Waals surface area contributed by atoms with E-state index in [0.717, 1.165) is 10.7 Å². The van der Waals surface area contributed by atoms with Crippen molar-refractivity contribution in [3.63, 3.8) is 0 Å². The summed E-state index contributed by atoms with van der Waals surface area (Å²) in [6.07, 6.45) is 0. The first kappa shape index (κ1) is 22.0. The number of carbonyl (C=O) groups is 2.